The van der Waals surface area contributed by atoms with Gasteiger partial charge in [-0.25, -0.2) is 0 Å². The van der Waals surface area contributed by atoms with Gasteiger partial charge in [-0.1, -0.05) is 44.2 Å². The maximum Gasteiger partial charge on any atom is 0.251 e. The number of benzene rings is 2. The summed E-state index contributed by atoms with van der Waals surface area (Å²) in [6.45, 7) is 4.40. The van der Waals surface area contributed by atoms with E-state index in [4.69, 9.17) is 9.47 Å². The van der Waals surface area contributed by atoms with E-state index in [2.05, 4.69) is 19.2 Å². The van der Waals surface area contributed by atoms with Gasteiger partial charge >= 0.3 is 0 Å². The molecule has 0 spiro atoms. The maximum atomic E-state index is 12.5. The highest BCUT2D eigenvalue weighted by molar-refractivity contribution is 5.95. The highest BCUT2D eigenvalue weighted by atomic mass is 16.7. The second-order valence-electron chi connectivity index (χ2n) is 5.67. The summed E-state index contributed by atoms with van der Waals surface area (Å²) in [5, 5.41) is 3.10. The fraction of sp³-hybridized carbons (Fsp3) is 0.278. The van der Waals surface area contributed by atoms with Gasteiger partial charge in [0.05, 0.1) is 6.04 Å². The van der Waals surface area contributed by atoms with Crippen LogP contribution in [-0.2, 0) is 0 Å². The van der Waals surface area contributed by atoms with Crippen molar-refractivity contribution in [3.63, 3.8) is 0 Å². The molecule has 1 amide bonds. The van der Waals surface area contributed by atoms with Crippen LogP contribution in [0, 0.1) is 5.92 Å². The highest BCUT2D eigenvalue weighted by Crippen LogP contribution is 2.32. The molecule has 4 heteroatoms. The van der Waals surface area contributed by atoms with Crippen molar-refractivity contribution >= 4 is 5.91 Å². The molecule has 1 atom stereocenters. The van der Waals surface area contributed by atoms with Gasteiger partial charge in [-0.3, -0.25) is 4.79 Å². The fourth-order valence-corrected chi connectivity index (χ4v) is 2.56. The van der Waals surface area contributed by atoms with Crippen molar-refractivity contribution in [2.24, 2.45) is 5.92 Å². The molecule has 1 N–H and O–H groups in total. The molecule has 0 aromatic heterocycles. The third-order valence-electron chi connectivity index (χ3n) is 3.75. The average Bonchev–Trinajstić information content (AvgIpc) is 3.00. The minimum atomic E-state index is -0.110. The smallest absolute Gasteiger partial charge is 0.251 e. The quantitative estimate of drug-likeness (QED) is 0.939. The zero-order valence-electron chi connectivity index (χ0n) is 12.7. The minimum absolute atomic E-state index is 0.0286. The molecule has 1 heterocycles. The van der Waals surface area contributed by atoms with E-state index in [0.717, 1.165) is 5.56 Å². The van der Waals surface area contributed by atoms with Crippen molar-refractivity contribution < 1.29 is 14.3 Å². The van der Waals surface area contributed by atoms with Gasteiger partial charge in [0.2, 0.25) is 6.79 Å². The van der Waals surface area contributed by atoms with Crippen molar-refractivity contribution in [1.29, 1.82) is 0 Å². The first kappa shape index (κ1) is 14.4. The maximum absolute atomic E-state index is 12.5. The van der Waals surface area contributed by atoms with E-state index in [-0.39, 0.29) is 18.7 Å². The van der Waals surface area contributed by atoms with Gasteiger partial charge in [-0.05, 0) is 29.7 Å². The minimum Gasteiger partial charge on any atom is -0.454 e. The van der Waals surface area contributed by atoms with Crippen LogP contribution >= 0.6 is 0 Å². The fourth-order valence-electron chi connectivity index (χ4n) is 2.56. The first-order chi connectivity index (χ1) is 10.6. The molecule has 22 heavy (non-hydrogen) atoms. The molecular formula is C18H19NO3. The Morgan fingerprint density at radius 3 is 2.50 bits per heavy atom. The third kappa shape index (κ3) is 2.91. The van der Waals surface area contributed by atoms with Crippen molar-refractivity contribution in [2.75, 3.05) is 6.79 Å². The molecule has 0 aliphatic carbocycles. The number of hydrogen-bond donors (Lipinski definition) is 1. The molecule has 2 aromatic rings. The van der Waals surface area contributed by atoms with Crippen LogP contribution in [-0.4, -0.2) is 12.7 Å². The Hall–Kier alpha value is -2.49. The van der Waals surface area contributed by atoms with Crippen LogP contribution in [0.4, 0.5) is 0 Å². The van der Waals surface area contributed by atoms with Gasteiger partial charge in [0, 0.05) is 5.56 Å². The monoisotopic (exact) mass is 297 g/mol. The van der Waals surface area contributed by atoms with E-state index in [0.29, 0.717) is 23.0 Å². The van der Waals surface area contributed by atoms with E-state index in [9.17, 15) is 4.79 Å². The zero-order chi connectivity index (χ0) is 15.5. The molecule has 0 saturated heterocycles. The van der Waals surface area contributed by atoms with E-state index in [1.165, 1.54) is 0 Å². The van der Waals surface area contributed by atoms with E-state index in [1.54, 1.807) is 18.2 Å². The zero-order valence-corrected chi connectivity index (χ0v) is 12.7. The molecule has 0 fully saturated rings. The van der Waals surface area contributed by atoms with Crippen LogP contribution in [0.15, 0.2) is 48.5 Å². The SMILES string of the molecule is CC(C)C(NC(=O)c1ccc2c(c1)OCO2)c1ccccc1. The standard InChI is InChI=1S/C18H19NO3/c1-12(2)17(13-6-4-3-5-7-13)19-18(20)14-8-9-15-16(10-14)22-11-21-15/h3-10,12,17H,11H2,1-2H3,(H,19,20). The Morgan fingerprint density at radius 2 is 1.77 bits per heavy atom. The Bertz CT molecular complexity index is 667. The molecule has 0 bridgehead atoms. The lowest BCUT2D eigenvalue weighted by Gasteiger charge is -2.23. The molecule has 114 valence electrons. The summed E-state index contributed by atoms with van der Waals surface area (Å²) in [6.07, 6.45) is 0. The van der Waals surface area contributed by atoms with Crippen LogP contribution < -0.4 is 14.8 Å². The highest BCUT2D eigenvalue weighted by Gasteiger charge is 2.21. The molecule has 2 aromatic carbocycles. The second kappa shape index (κ2) is 6.10. The number of carbonyl (C=O) groups excluding carboxylic acids is 1. The largest absolute Gasteiger partial charge is 0.454 e. The van der Waals surface area contributed by atoms with Gasteiger partial charge in [-0.15, -0.1) is 0 Å². The van der Waals surface area contributed by atoms with E-state index in [1.807, 2.05) is 30.3 Å². The number of amides is 1. The predicted octanol–water partition coefficient (Wildman–Crippen LogP) is 3.54. The lowest BCUT2D eigenvalue weighted by atomic mass is 9.95. The molecular weight excluding hydrogens is 278 g/mol. The second-order valence-corrected chi connectivity index (χ2v) is 5.67. The third-order valence-corrected chi connectivity index (χ3v) is 3.75. The summed E-state index contributed by atoms with van der Waals surface area (Å²) in [4.78, 5) is 12.5. The first-order valence-electron chi connectivity index (χ1n) is 7.40. The number of nitrogens with one attached hydrogen (secondary N) is 1. The van der Waals surface area contributed by atoms with Crippen molar-refractivity contribution in [3.8, 4) is 11.5 Å². The number of ether oxygens (including phenoxy) is 2. The Kier molecular flexibility index (Phi) is 4.00. The Morgan fingerprint density at radius 1 is 1.05 bits per heavy atom. The van der Waals surface area contributed by atoms with Gasteiger partial charge in [0.1, 0.15) is 0 Å². The topological polar surface area (TPSA) is 47.6 Å². The van der Waals surface area contributed by atoms with Crippen molar-refractivity contribution in [2.45, 2.75) is 19.9 Å². The summed E-state index contributed by atoms with van der Waals surface area (Å²) >= 11 is 0. The van der Waals surface area contributed by atoms with E-state index >= 15 is 0 Å². The van der Waals surface area contributed by atoms with E-state index < -0.39 is 0 Å². The van der Waals surface area contributed by atoms with Crippen molar-refractivity contribution in [1.82, 2.24) is 5.32 Å². The van der Waals surface area contributed by atoms with Crippen LogP contribution in [0.3, 0.4) is 0 Å². The molecule has 1 aliphatic heterocycles. The summed E-state index contributed by atoms with van der Waals surface area (Å²) < 4.78 is 10.6. The lowest BCUT2D eigenvalue weighted by Crippen LogP contribution is -2.31. The molecule has 0 saturated carbocycles. The van der Waals surface area contributed by atoms with Gasteiger partial charge in [0.15, 0.2) is 11.5 Å². The molecule has 4 nitrogen and oxygen atoms in total. The van der Waals surface area contributed by atoms with Crippen molar-refractivity contribution in [3.05, 3.63) is 59.7 Å². The Balaban J connectivity index is 1.80. The van der Waals surface area contributed by atoms with Crippen LogP contribution in [0.25, 0.3) is 0 Å². The molecule has 1 aliphatic rings. The molecule has 3 rings (SSSR count). The number of rotatable bonds is 4. The number of carbonyl (C=O) groups is 1. The number of fused-ring (bicyclic) bond motifs is 1. The lowest BCUT2D eigenvalue weighted by molar-refractivity contribution is 0.0925. The summed E-state index contributed by atoms with van der Waals surface area (Å²) in [5.41, 5.74) is 1.68. The van der Waals surface area contributed by atoms with Crippen LogP contribution in [0.1, 0.15) is 35.8 Å². The molecule has 1 unspecified atom stereocenters. The van der Waals surface area contributed by atoms with Gasteiger partial charge in [-0.2, -0.15) is 0 Å². The molecule has 0 radical (unpaired) electrons. The average molecular weight is 297 g/mol. The summed E-state index contributed by atoms with van der Waals surface area (Å²) in [7, 11) is 0. The summed E-state index contributed by atoms with van der Waals surface area (Å²) in [6, 6.07) is 15.2. The van der Waals surface area contributed by atoms with Gasteiger partial charge in [0.25, 0.3) is 5.91 Å². The normalized spacial score (nSPS) is 14.0. The first-order valence-corrected chi connectivity index (χ1v) is 7.40. The van der Waals surface area contributed by atoms with Crippen LogP contribution in [0.2, 0.25) is 0 Å². The number of hydrogen-bond acceptors (Lipinski definition) is 3. The summed E-state index contributed by atoms with van der Waals surface area (Å²) in [5.74, 6) is 1.48. The van der Waals surface area contributed by atoms with Crippen LogP contribution in [0.5, 0.6) is 11.5 Å². The predicted molar refractivity (Wildman–Crippen MR) is 84.1 cm³/mol. The van der Waals surface area contributed by atoms with Gasteiger partial charge < -0.3 is 14.8 Å². The Labute approximate surface area is 130 Å².